The molecule has 4 aromatic heterocycles. The molecule has 0 radical (unpaired) electrons. The van der Waals surface area contributed by atoms with Crippen LogP contribution >= 0.6 is 45.3 Å². The van der Waals surface area contributed by atoms with Crippen LogP contribution in [0.1, 0.15) is 19.3 Å². The Morgan fingerprint density at radius 3 is 1.59 bits per heavy atom. The standard InChI is InChI=1S/C8H5NO2S2.C8H4O3S2.H3N/c9-8(11)7(10)6-3-5-4(13-6)1-2-12-5;9-7(8(10)11)6-3-5-4(13-6)1-2-12-5;/h1-3H,(H2,9,11);1-3H,(H,10,11);1H3. The van der Waals surface area contributed by atoms with Crippen LogP contribution in [0.15, 0.2) is 35.0 Å². The van der Waals surface area contributed by atoms with Crippen molar-refractivity contribution in [1.29, 1.82) is 0 Å². The van der Waals surface area contributed by atoms with Crippen molar-refractivity contribution >= 4 is 87.6 Å². The van der Waals surface area contributed by atoms with Crippen LogP contribution in [0.5, 0.6) is 0 Å². The van der Waals surface area contributed by atoms with E-state index in [1.165, 1.54) is 34.0 Å². The largest absolute Gasteiger partial charge is 0.475 e. The predicted octanol–water partition coefficient (Wildman–Crippen LogP) is 4.02. The van der Waals surface area contributed by atoms with Crippen LogP contribution in [0.25, 0.3) is 18.8 Å². The third kappa shape index (κ3) is 4.46. The Balaban J connectivity index is 0.000000187. The fourth-order valence-corrected chi connectivity index (χ4v) is 6.08. The number of primary amides is 1. The minimum absolute atomic E-state index is 0. The molecule has 0 aliphatic heterocycles. The number of carboxylic acids is 1. The summed E-state index contributed by atoms with van der Waals surface area (Å²) in [5.74, 6) is -3.72. The molecule has 4 rings (SSSR count). The van der Waals surface area contributed by atoms with Gasteiger partial charge in [0, 0.05) is 18.8 Å². The number of hydrogen-bond acceptors (Lipinski definition) is 9. The van der Waals surface area contributed by atoms with Crippen LogP contribution < -0.4 is 11.9 Å². The lowest BCUT2D eigenvalue weighted by molar-refractivity contribution is -0.131. The Kier molecular flexibility index (Phi) is 6.57. The molecule has 0 fully saturated rings. The van der Waals surface area contributed by atoms with E-state index < -0.39 is 23.4 Å². The minimum atomic E-state index is -1.39. The van der Waals surface area contributed by atoms with Gasteiger partial charge < -0.3 is 17.0 Å². The van der Waals surface area contributed by atoms with Gasteiger partial charge in [-0.2, -0.15) is 0 Å². The molecule has 7 nitrogen and oxygen atoms in total. The van der Waals surface area contributed by atoms with Crippen molar-refractivity contribution in [3.63, 3.8) is 0 Å². The smallest absolute Gasteiger partial charge is 0.378 e. The fraction of sp³-hybridized carbons (Fsp3) is 0. The first-order valence-electron chi connectivity index (χ1n) is 6.92. The molecule has 4 heterocycles. The zero-order valence-electron chi connectivity index (χ0n) is 13.5. The van der Waals surface area contributed by atoms with Crippen LogP contribution in [0.4, 0.5) is 0 Å². The lowest BCUT2D eigenvalue weighted by Gasteiger charge is -1.86. The van der Waals surface area contributed by atoms with Gasteiger partial charge in [-0.15, -0.1) is 45.3 Å². The van der Waals surface area contributed by atoms with Gasteiger partial charge in [-0.3, -0.25) is 14.4 Å². The molecule has 0 aliphatic rings. The average molecular weight is 441 g/mol. The number of thiophene rings is 4. The zero-order chi connectivity index (χ0) is 18.8. The fourth-order valence-electron chi connectivity index (χ4n) is 1.98. The number of carbonyl (C=O) groups excluding carboxylic acids is 3. The van der Waals surface area contributed by atoms with E-state index in [1.807, 2.05) is 22.9 Å². The first-order valence-corrected chi connectivity index (χ1v) is 10.3. The quantitative estimate of drug-likeness (QED) is 0.322. The van der Waals surface area contributed by atoms with E-state index in [2.05, 4.69) is 0 Å². The van der Waals surface area contributed by atoms with Gasteiger partial charge in [0.15, 0.2) is 0 Å². The Morgan fingerprint density at radius 1 is 0.778 bits per heavy atom. The van der Waals surface area contributed by atoms with E-state index in [9.17, 15) is 19.2 Å². The topological polar surface area (TPSA) is 150 Å². The number of hydrogen-bond donors (Lipinski definition) is 3. The van der Waals surface area contributed by atoms with E-state index >= 15 is 0 Å². The Hall–Kier alpha value is -2.44. The van der Waals surface area contributed by atoms with Gasteiger partial charge in [0.25, 0.3) is 17.5 Å². The number of carbonyl (C=O) groups is 4. The molecule has 27 heavy (non-hydrogen) atoms. The van der Waals surface area contributed by atoms with Crippen LogP contribution in [0, 0.1) is 0 Å². The number of nitrogens with two attached hydrogens (primary N) is 1. The summed E-state index contributed by atoms with van der Waals surface area (Å²) in [5, 5.41) is 12.3. The number of aliphatic carboxylic acids is 1. The van der Waals surface area contributed by atoms with Crippen molar-refractivity contribution in [3.05, 3.63) is 44.8 Å². The predicted molar refractivity (Wildman–Crippen MR) is 110 cm³/mol. The maximum Gasteiger partial charge on any atom is 0.378 e. The lowest BCUT2D eigenvalue weighted by atomic mass is 10.3. The Labute approximate surface area is 168 Å². The number of rotatable bonds is 4. The monoisotopic (exact) mass is 440 g/mol. The van der Waals surface area contributed by atoms with Crippen molar-refractivity contribution in [1.82, 2.24) is 6.15 Å². The zero-order valence-corrected chi connectivity index (χ0v) is 16.7. The summed E-state index contributed by atoms with van der Waals surface area (Å²) in [4.78, 5) is 43.8. The molecule has 0 bridgehead atoms. The summed E-state index contributed by atoms with van der Waals surface area (Å²) in [6.07, 6.45) is 0. The summed E-state index contributed by atoms with van der Waals surface area (Å²) in [5.41, 5.74) is 4.88. The van der Waals surface area contributed by atoms with E-state index in [0.29, 0.717) is 9.75 Å². The summed E-state index contributed by atoms with van der Waals surface area (Å²) in [7, 11) is 0. The van der Waals surface area contributed by atoms with Crippen LogP contribution in [-0.4, -0.2) is 28.5 Å². The molecule has 1 amide bonds. The molecule has 0 saturated heterocycles. The maximum absolute atomic E-state index is 11.2. The van der Waals surface area contributed by atoms with E-state index in [1.54, 1.807) is 23.5 Å². The van der Waals surface area contributed by atoms with Gasteiger partial charge in [-0.25, -0.2) is 4.79 Å². The summed E-state index contributed by atoms with van der Waals surface area (Å²) in [6.45, 7) is 0. The second-order valence-electron chi connectivity index (χ2n) is 4.85. The Morgan fingerprint density at radius 2 is 1.22 bits per heavy atom. The van der Waals surface area contributed by atoms with E-state index in [4.69, 9.17) is 10.8 Å². The molecule has 11 heteroatoms. The number of fused-ring (bicyclic) bond motifs is 2. The molecule has 4 aromatic rings. The van der Waals surface area contributed by atoms with Gasteiger partial charge in [-0.05, 0) is 35.0 Å². The molecular weight excluding hydrogens is 428 g/mol. The number of carboxylic acid groups (broad SMARTS) is 1. The van der Waals surface area contributed by atoms with Crippen molar-refractivity contribution in [2.24, 2.45) is 5.73 Å². The Bertz CT molecular complexity index is 1000. The molecule has 6 N–H and O–H groups in total. The number of Topliss-reactive ketones (excluding diaryl/α,β-unsaturated/α-hetero) is 2. The molecule has 0 aromatic carbocycles. The maximum atomic E-state index is 11.2. The minimum Gasteiger partial charge on any atom is -0.475 e. The van der Waals surface area contributed by atoms with Gasteiger partial charge in [-0.1, -0.05) is 0 Å². The average Bonchev–Trinajstić information content (AvgIpc) is 3.32. The number of amides is 1. The van der Waals surface area contributed by atoms with Crippen LogP contribution in [0.2, 0.25) is 0 Å². The van der Waals surface area contributed by atoms with Gasteiger partial charge in [0.05, 0.1) is 9.75 Å². The van der Waals surface area contributed by atoms with E-state index in [0.717, 1.165) is 18.8 Å². The molecule has 0 unspecified atom stereocenters. The van der Waals surface area contributed by atoms with Crippen LogP contribution in [-0.2, 0) is 9.59 Å². The second-order valence-corrected chi connectivity index (χ2v) is 8.91. The first kappa shape index (κ1) is 20.9. The van der Waals surface area contributed by atoms with Gasteiger partial charge in [0.2, 0.25) is 0 Å². The molecular formula is C16H12N2O5S4. The van der Waals surface area contributed by atoms with E-state index in [-0.39, 0.29) is 6.15 Å². The third-order valence-corrected chi connectivity index (χ3v) is 7.33. The second kappa shape index (κ2) is 8.50. The first-order chi connectivity index (χ1) is 12.4. The highest BCUT2D eigenvalue weighted by Gasteiger charge is 2.17. The highest BCUT2D eigenvalue weighted by molar-refractivity contribution is 7.28. The highest BCUT2D eigenvalue weighted by Crippen LogP contribution is 2.30. The molecule has 0 spiro atoms. The third-order valence-electron chi connectivity index (χ3n) is 3.14. The van der Waals surface area contributed by atoms with Gasteiger partial charge in [0.1, 0.15) is 0 Å². The van der Waals surface area contributed by atoms with Crippen molar-refractivity contribution in [2.75, 3.05) is 0 Å². The molecule has 0 aliphatic carbocycles. The van der Waals surface area contributed by atoms with Crippen LogP contribution in [0.3, 0.4) is 0 Å². The van der Waals surface area contributed by atoms with Crippen molar-refractivity contribution < 1.29 is 24.3 Å². The summed E-state index contributed by atoms with van der Waals surface area (Å²) in [6, 6.07) is 7.13. The van der Waals surface area contributed by atoms with Crippen molar-refractivity contribution in [3.8, 4) is 0 Å². The highest BCUT2D eigenvalue weighted by atomic mass is 32.1. The molecule has 0 saturated carbocycles. The number of ketones is 2. The summed E-state index contributed by atoms with van der Waals surface area (Å²) >= 11 is 5.57. The summed E-state index contributed by atoms with van der Waals surface area (Å²) < 4.78 is 3.98. The van der Waals surface area contributed by atoms with Crippen molar-refractivity contribution in [2.45, 2.75) is 0 Å². The molecule has 0 atom stereocenters. The van der Waals surface area contributed by atoms with Gasteiger partial charge >= 0.3 is 5.97 Å². The normalized spacial score (nSPS) is 10.1. The lowest BCUT2D eigenvalue weighted by Crippen LogP contribution is -2.21. The SMILES string of the molecule is N.NC(=O)C(=O)c1cc2sccc2s1.O=C(O)C(=O)c1cc2sccc2s1. The molecule has 140 valence electrons.